The van der Waals surface area contributed by atoms with E-state index in [2.05, 4.69) is 18.4 Å². The van der Waals surface area contributed by atoms with E-state index in [1.807, 2.05) is 4.90 Å². The quantitative estimate of drug-likeness (QED) is 0.635. The Morgan fingerprint density at radius 3 is 2.55 bits per heavy atom. The number of fused-ring (bicyclic) bond motifs is 1. The predicted molar refractivity (Wildman–Crippen MR) is 121 cm³/mol. The molecule has 2 aliphatic rings. The van der Waals surface area contributed by atoms with Gasteiger partial charge in [0.2, 0.25) is 15.9 Å². The number of Topliss-reactive ketones (excluding diaryl/α,β-unsaturated/α-hetero) is 1. The molecule has 0 spiro atoms. The number of carbonyl (C=O) groups excluding carboxylic acids is 2. The normalized spacial score (nSPS) is 20.5. The van der Waals surface area contributed by atoms with Gasteiger partial charge in [0.25, 0.3) is 0 Å². The van der Waals surface area contributed by atoms with Crippen molar-refractivity contribution in [3.05, 3.63) is 51.7 Å². The minimum atomic E-state index is -3.68. The minimum Gasteiger partial charge on any atom is -0.335 e. The second kappa shape index (κ2) is 8.84. The molecule has 1 amide bonds. The van der Waals surface area contributed by atoms with Crippen LogP contribution in [0.1, 0.15) is 60.0 Å². The first-order valence-corrected chi connectivity index (χ1v) is 13.1. The van der Waals surface area contributed by atoms with Gasteiger partial charge in [-0.2, -0.15) is 4.31 Å². The summed E-state index contributed by atoms with van der Waals surface area (Å²) >= 11 is 1.77. The summed E-state index contributed by atoms with van der Waals surface area (Å²) in [7, 11) is -3.68. The maximum Gasteiger partial charge on any atom is 0.243 e. The van der Waals surface area contributed by atoms with E-state index in [4.69, 9.17) is 0 Å². The highest BCUT2D eigenvalue weighted by molar-refractivity contribution is 7.89. The molecule has 2 aromatic rings. The molecule has 0 radical (unpaired) electrons. The summed E-state index contributed by atoms with van der Waals surface area (Å²) in [6.45, 7) is 4.91. The number of piperidine rings is 1. The smallest absolute Gasteiger partial charge is 0.243 e. The van der Waals surface area contributed by atoms with Gasteiger partial charge in [-0.3, -0.25) is 9.59 Å². The van der Waals surface area contributed by atoms with Gasteiger partial charge in [-0.25, -0.2) is 8.42 Å². The van der Waals surface area contributed by atoms with Crippen LogP contribution in [0.3, 0.4) is 0 Å². The highest BCUT2D eigenvalue weighted by Crippen LogP contribution is 2.37. The van der Waals surface area contributed by atoms with Crippen molar-refractivity contribution in [3.63, 3.8) is 0 Å². The number of sulfonamides is 1. The lowest BCUT2D eigenvalue weighted by molar-refractivity contribution is -0.139. The number of ketones is 1. The van der Waals surface area contributed by atoms with E-state index in [9.17, 15) is 18.0 Å². The number of amides is 1. The molecule has 1 saturated heterocycles. The number of nitrogens with zero attached hydrogens (tertiary/aromatic N) is 2. The van der Waals surface area contributed by atoms with Crippen LogP contribution >= 0.6 is 11.3 Å². The molecule has 0 bridgehead atoms. The van der Waals surface area contributed by atoms with Crippen molar-refractivity contribution in [2.75, 3.05) is 19.6 Å². The predicted octanol–water partition coefficient (Wildman–Crippen LogP) is 3.89. The van der Waals surface area contributed by atoms with Crippen molar-refractivity contribution in [1.82, 2.24) is 9.21 Å². The lowest BCUT2D eigenvalue weighted by Crippen LogP contribution is -2.47. The van der Waals surface area contributed by atoms with E-state index < -0.39 is 10.0 Å². The van der Waals surface area contributed by atoms with Crippen LogP contribution in [0.4, 0.5) is 0 Å². The number of thiophene rings is 1. The minimum absolute atomic E-state index is 0.124. The maximum atomic E-state index is 13.3. The van der Waals surface area contributed by atoms with E-state index in [1.165, 1.54) is 33.8 Å². The van der Waals surface area contributed by atoms with E-state index in [-0.39, 0.29) is 28.5 Å². The number of carbonyl (C=O) groups is 2. The fourth-order valence-electron chi connectivity index (χ4n) is 4.70. The molecule has 1 atom stereocenters. The Kier molecular flexibility index (Phi) is 6.32. The topological polar surface area (TPSA) is 74.8 Å². The molecule has 1 fully saturated rings. The van der Waals surface area contributed by atoms with Crippen LogP contribution in [0.2, 0.25) is 0 Å². The van der Waals surface area contributed by atoms with E-state index in [1.54, 1.807) is 23.5 Å². The molecular formula is C23H28N2O4S2. The standard InChI is InChI=1S/C23H28N2O4S2/c1-3-21-20-10-14-30-22(20)9-13-25(21)23(27)17-7-11-24(12-8-17)31(28,29)19-6-4-5-18(15-19)16(2)26/h4-6,10,14-15,17,21H,3,7-9,11-13H2,1-2H3/t21-/m0/s1. The van der Waals surface area contributed by atoms with Crippen LogP contribution in [0.5, 0.6) is 0 Å². The molecule has 4 rings (SSSR count). The Bertz CT molecular complexity index is 1080. The fraction of sp³-hybridized carbons (Fsp3) is 0.478. The Morgan fingerprint density at radius 2 is 1.87 bits per heavy atom. The number of rotatable bonds is 5. The third-order valence-electron chi connectivity index (χ3n) is 6.45. The van der Waals surface area contributed by atoms with Crippen molar-refractivity contribution in [3.8, 4) is 0 Å². The van der Waals surface area contributed by atoms with Gasteiger partial charge in [0, 0.05) is 36.0 Å². The molecule has 8 heteroatoms. The average molecular weight is 461 g/mol. The van der Waals surface area contributed by atoms with Gasteiger partial charge in [0.15, 0.2) is 5.78 Å². The molecule has 1 aromatic carbocycles. The first kappa shape index (κ1) is 22.2. The van der Waals surface area contributed by atoms with Gasteiger partial charge in [-0.05, 0) is 61.7 Å². The Labute approximate surface area is 187 Å². The molecule has 0 saturated carbocycles. The molecular weight excluding hydrogens is 432 g/mol. The highest BCUT2D eigenvalue weighted by Gasteiger charge is 2.37. The molecule has 0 unspecified atom stereocenters. The van der Waals surface area contributed by atoms with E-state index in [0.29, 0.717) is 31.5 Å². The van der Waals surface area contributed by atoms with Crippen LogP contribution < -0.4 is 0 Å². The van der Waals surface area contributed by atoms with Crippen molar-refractivity contribution in [1.29, 1.82) is 0 Å². The average Bonchev–Trinajstić information content (AvgIpc) is 3.27. The first-order valence-electron chi connectivity index (χ1n) is 10.8. The number of benzene rings is 1. The number of hydrogen-bond donors (Lipinski definition) is 0. The van der Waals surface area contributed by atoms with Gasteiger partial charge in [0.05, 0.1) is 10.9 Å². The van der Waals surface area contributed by atoms with Crippen LogP contribution in [-0.4, -0.2) is 48.9 Å². The van der Waals surface area contributed by atoms with Crippen molar-refractivity contribution in [2.24, 2.45) is 5.92 Å². The summed E-state index contributed by atoms with van der Waals surface area (Å²) < 4.78 is 27.6. The lowest BCUT2D eigenvalue weighted by atomic mass is 9.92. The summed E-state index contributed by atoms with van der Waals surface area (Å²) in [6.07, 6.45) is 2.83. The second-order valence-corrected chi connectivity index (χ2v) is 11.2. The van der Waals surface area contributed by atoms with Crippen molar-refractivity contribution >= 4 is 33.1 Å². The van der Waals surface area contributed by atoms with Crippen LogP contribution in [-0.2, 0) is 21.2 Å². The van der Waals surface area contributed by atoms with Crippen molar-refractivity contribution < 1.29 is 18.0 Å². The molecule has 0 N–H and O–H groups in total. The van der Waals surface area contributed by atoms with Gasteiger partial charge in [-0.15, -0.1) is 11.3 Å². The molecule has 166 valence electrons. The largest absolute Gasteiger partial charge is 0.335 e. The first-order chi connectivity index (χ1) is 14.8. The maximum absolute atomic E-state index is 13.3. The van der Waals surface area contributed by atoms with Gasteiger partial charge in [-0.1, -0.05) is 19.1 Å². The van der Waals surface area contributed by atoms with Crippen LogP contribution in [0, 0.1) is 5.92 Å². The summed E-state index contributed by atoms with van der Waals surface area (Å²) in [5.74, 6) is -0.161. The summed E-state index contributed by atoms with van der Waals surface area (Å²) in [6, 6.07) is 8.44. The monoisotopic (exact) mass is 460 g/mol. The molecule has 3 heterocycles. The molecule has 31 heavy (non-hydrogen) atoms. The highest BCUT2D eigenvalue weighted by atomic mass is 32.2. The zero-order chi connectivity index (χ0) is 22.2. The fourth-order valence-corrected chi connectivity index (χ4v) is 7.15. The van der Waals surface area contributed by atoms with Crippen LogP contribution in [0.25, 0.3) is 0 Å². The molecule has 2 aliphatic heterocycles. The summed E-state index contributed by atoms with van der Waals surface area (Å²) in [4.78, 5) is 28.5. The Morgan fingerprint density at radius 1 is 1.13 bits per heavy atom. The second-order valence-electron chi connectivity index (χ2n) is 8.27. The van der Waals surface area contributed by atoms with Crippen molar-refractivity contribution in [2.45, 2.75) is 50.5 Å². The Hall–Kier alpha value is -2.03. The molecule has 6 nitrogen and oxygen atoms in total. The molecule has 0 aliphatic carbocycles. The third kappa shape index (κ3) is 4.21. The van der Waals surface area contributed by atoms with E-state index in [0.717, 1.165) is 19.4 Å². The van der Waals surface area contributed by atoms with Gasteiger partial charge < -0.3 is 4.90 Å². The zero-order valence-corrected chi connectivity index (χ0v) is 19.5. The third-order valence-corrected chi connectivity index (χ3v) is 9.34. The SMILES string of the molecule is CC[C@H]1c2ccsc2CCN1C(=O)C1CCN(S(=O)(=O)c2cccc(C(C)=O)c2)CC1. The van der Waals surface area contributed by atoms with E-state index >= 15 is 0 Å². The summed E-state index contributed by atoms with van der Waals surface area (Å²) in [5, 5.41) is 2.10. The number of hydrogen-bond acceptors (Lipinski definition) is 5. The summed E-state index contributed by atoms with van der Waals surface area (Å²) in [5.41, 5.74) is 1.66. The Balaban J connectivity index is 1.44. The lowest BCUT2D eigenvalue weighted by Gasteiger charge is -2.39. The zero-order valence-electron chi connectivity index (χ0n) is 17.9. The van der Waals surface area contributed by atoms with Crippen LogP contribution in [0.15, 0.2) is 40.6 Å². The molecule has 1 aromatic heterocycles. The van der Waals surface area contributed by atoms with Gasteiger partial charge in [0.1, 0.15) is 0 Å². The van der Waals surface area contributed by atoms with Gasteiger partial charge >= 0.3 is 0 Å².